The molecule has 0 aliphatic carbocycles. The molecule has 104 valence electrons. The van der Waals surface area contributed by atoms with Gasteiger partial charge in [-0.05, 0) is 31.4 Å². The Morgan fingerprint density at radius 1 is 1.42 bits per heavy atom. The molecule has 0 bridgehead atoms. The molecule has 0 radical (unpaired) electrons. The molecule has 1 aromatic rings. The number of rotatable bonds is 3. The summed E-state index contributed by atoms with van der Waals surface area (Å²) >= 11 is 0. The topological polar surface area (TPSA) is 59.8 Å². The molecule has 1 unspecified atom stereocenters. The molecule has 1 aliphatic heterocycles. The standard InChI is InChI=1S/C14H19NO4/c1-3-10-7-8-12(19-10)13(16)15-9-5-4-6-11(15)14(17)18-2/h7-8,11H,3-6,9H2,1-2H3. The maximum absolute atomic E-state index is 12.4. The number of piperidine rings is 1. The molecule has 1 saturated heterocycles. The monoisotopic (exact) mass is 265 g/mol. The summed E-state index contributed by atoms with van der Waals surface area (Å²) in [7, 11) is 1.35. The number of amides is 1. The zero-order chi connectivity index (χ0) is 13.8. The van der Waals surface area contributed by atoms with Crippen molar-refractivity contribution in [3.05, 3.63) is 23.7 Å². The quantitative estimate of drug-likeness (QED) is 0.784. The van der Waals surface area contributed by atoms with E-state index in [-0.39, 0.29) is 11.9 Å². The van der Waals surface area contributed by atoms with Crippen LogP contribution in [0.1, 0.15) is 42.5 Å². The fourth-order valence-corrected chi connectivity index (χ4v) is 2.38. The Labute approximate surface area is 112 Å². The Morgan fingerprint density at radius 2 is 2.21 bits per heavy atom. The number of furan rings is 1. The zero-order valence-electron chi connectivity index (χ0n) is 11.3. The first-order valence-electron chi connectivity index (χ1n) is 6.65. The summed E-state index contributed by atoms with van der Waals surface area (Å²) in [5.41, 5.74) is 0. The molecule has 1 aliphatic rings. The van der Waals surface area contributed by atoms with Gasteiger partial charge in [0.2, 0.25) is 0 Å². The highest BCUT2D eigenvalue weighted by molar-refractivity contribution is 5.94. The van der Waals surface area contributed by atoms with E-state index in [9.17, 15) is 9.59 Å². The minimum atomic E-state index is -0.485. The number of carbonyl (C=O) groups is 2. The Bertz CT molecular complexity index is 466. The second-order valence-electron chi connectivity index (χ2n) is 4.65. The number of hydrogen-bond donors (Lipinski definition) is 0. The van der Waals surface area contributed by atoms with Crippen LogP contribution < -0.4 is 0 Å². The maximum atomic E-state index is 12.4. The molecular weight excluding hydrogens is 246 g/mol. The van der Waals surface area contributed by atoms with Gasteiger partial charge in [-0.25, -0.2) is 4.79 Å². The van der Waals surface area contributed by atoms with Crippen LogP contribution in [0.3, 0.4) is 0 Å². The fourth-order valence-electron chi connectivity index (χ4n) is 2.38. The first kappa shape index (κ1) is 13.6. The number of aryl methyl sites for hydroxylation is 1. The van der Waals surface area contributed by atoms with E-state index in [2.05, 4.69) is 0 Å². The van der Waals surface area contributed by atoms with Gasteiger partial charge >= 0.3 is 5.97 Å². The van der Waals surface area contributed by atoms with E-state index >= 15 is 0 Å². The van der Waals surface area contributed by atoms with Crippen molar-refractivity contribution in [1.29, 1.82) is 0 Å². The largest absolute Gasteiger partial charge is 0.467 e. The van der Waals surface area contributed by atoms with Gasteiger partial charge in [0, 0.05) is 13.0 Å². The molecule has 0 spiro atoms. The molecular formula is C14H19NO4. The summed E-state index contributed by atoms with van der Waals surface area (Å²) in [6.07, 6.45) is 3.23. The predicted octanol–water partition coefficient (Wildman–Crippen LogP) is 2.01. The van der Waals surface area contributed by atoms with Crippen molar-refractivity contribution in [3.63, 3.8) is 0 Å². The minimum Gasteiger partial charge on any atom is -0.467 e. The summed E-state index contributed by atoms with van der Waals surface area (Å²) in [4.78, 5) is 25.7. The number of carbonyl (C=O) groups excluding carboxylic acids is 2. The van der Waals surface area contributed by atoms with Gasteiger partial charge in [0.25, 0.3) is 5.91 Å². The number of likely N-dealkylation sites (tertiary alicyclic amines) is 1. The fraction of sp³-hybridized carbons (Fsp3) is 0.571. The number of hydrogen-bond acceptors (Lipinski definition) is 4. The van der Waals surface area contributed by atoms with Crippen LogP contribution in [-0.4, -0.2) is 36.5 Å². The van der Waals surface area contributed by atoms with Crippen molar-refractivity contribution in [2.75, 3.05) is 13.7 Å². The molecule has 1 aromatic heterocycles. The molecule has 0 N–H and O–H groups in total. The van der Waals surface area contributed by atoms with Gasteiger partial charge in [-0.3, -0.25) is 4.79 Å². The first-order chi connectivity index (χ1) is 9.17. The lowest BCUT2D eigenvalue weighted by atomic mass is 10.0. The highest BCUT2D eigenvalue weighted by atomic mass is 16.5. The Morgan fingerprint density at radius 3 is 2.84 bits per heavy atom. The average Bonchev–Trinajstić information content (AvgIpc) is 2.94. The van der Waals surface area contributed by atoms with E-state index in [4.69, 9.17) is 9.15 Å². The molecule has 19 heavy (non-hydrogen) atoms. The first-order valence-corrected chi connectivity index (χ1v) is 6.65. The van der Waals surface area contributed by atoms with Crippen molar-refractivity contribution < 1.29 is 18.7 Å². The van der Waals surface area contributed by atoms with Crippen LogP contribution in [0.15, 0.2) is 16.5 Å². The molecule has 5 heteroatoms. The van der Waals surface area contributed by atoms with E-state index in [1.807, 2.05) is 6.92 Å². The zero-order valence-corrected chi connectivity index (χ0v) is 11.3. The van der Waals surface area contributed by atoms with Gasteiger partial charge in [0.15, 0.2) is 5.76 Å². The van der Waals surface area contributed by atoms with E-state index in [1.165, 1.54) is 7.11 Å². The lowest BCUT2D eigenvalue weighted by Gasteiger charge is -2.33. The van der Waals surface area contributed by atoms with E-state index in [0.717, 1.165) is 25.0 Å². The van der Waals surface area contributed by atoms with Crippen molar-refractivity contribution in [1.82, 2.24) is 4.90 Å². The van der Waals surface area contributed by atoms with Crippen LogP contribution in [0, 0.1) is 0 Å². The minimum absolute atomic E-state index is 0.227. The average molecular weight is 265 g/mol. The Hall–Kier alpha value is -1.78. The van der Waals surface area contributed by atoms with Gasteiger partial charge in [0.1, 0.15) is 11.8 Å². The van der Waals surface area contributed by atoms with Gasteiger partial charge in [-0.15, -0.1) is 0 Å². The Balaban J connectivity index is 2.17. The van der Waals surface area contributed by atoms with Crippen LogP contribution in [0.4, 0.5) is 0 Å². The van der Waals surface area contributed by atoms with Gasteiger partial charge in [0.05, 0.1) is 7.11 Å². The lowest BCUT2D eigenvalue weighted by Crippen LogP contribution is -2.48. The summed E-state index contributed by atoms with van der Waals surface area (Å²) < 4.78 is 10.2. The summed E-state index contributed by atoms with van der Waals surface area (Å²) in [5, 5.41) is 0. The molecule has 2 heterocycles. The summed E-state index contributed by atoms with van der Waals surface area (Å²) in [5.74, 6) is 0.493. The molecule has 1 atom stereocenters. The third kappa shape index (κ3) is 2.80. The van der Waals surface area contributed by atoms with Crippen LogP contribution in [-0.2, 0) is 16.0 Å². The smallest absolute Gasteiger partial charge is 0.328 e. The molecule has 1 amide bonds. The molecule has 0 saturated carbocycles. The van der Waals surface area contributed by atoms with E-state index in [0.29, 0.717) is 18.7 Å². The van der Waals surface area contributed by atoms with Crippen LogP contribution in [0.2, 0.25) is 0 Å². The SMILES string of the molecule is CCc1ccc(C(=O)N2CCCCC2C(=O)OC)o1. The van der Waals surface area contributed by atoms with E-state index < -0.39 is 6.04 Å². The summed E-state index contributed by atoms with van der Waals surface area (Å²) in [6.45, 7) is 2.53. The molecule has 5 nitrogen and oxygen atoms in total. The van der Waals surface area contributed by atoms with Crippen molar-refractivity contribution in [3.8, 4) is 0 Å². The second kappa shape index (κ2) is 5.91. The molecule has 0 aromatic carbocycles. The van der Waals surface area contributed by atoms with Gasteiger partial charge in [-0.2, -0.15) is 0 Å². The van der Waals surface area contributed by atoms with Crippen molar-refractivity contribution in [2.24, 2.45) is 0 Å². The number of ether oxygens (including phenoxy) is 1. The predicted molar refractivity (Wildman–Crippen MR) is 68.8 cm³/mol. The van der Waals surface area contributed by atoms with Crippen molar-refractivity contribution >= 4 is 11.9 Å². The third-order valence-corrected chi connectivity index (χ3v) is 3.46. The third-order valence-electron chi connectivity index (χ3n) is 3.46. The van der Waals surface area contributed by atoms with E-state index in [1.54, 1.807) is 17.0 Å². The maximum Gasteiger partial charge on any atom is 0.328 e. The van der Waals surface area contributed by atoms with Crippen LogP contribution >= 0.6 is 0 Å². The molecule has 2 rings (SSSR count). The Kier molecular flexibility index (Phi) is 4.24. The molecule has 1 fully saturated rings. The number of esters is 1. The normalized spacial score (nSPS) is 19.3. The lowest BCUT2D eigenvalue weighted by molar-refractivity contribution is -0.147. The van der Waals surface area contributed by atoms with Crippen molar-refractivity contribution in [2.45, 2.75) is 38.6 Å². The highest BCUT2D eigenvalue weighted by Gasteiger charge is 2.34. The van der Waals surface area contributed by atoms with Gasteiger partial charge in [-0.1, -0.05) is 6.92 Å². The van der Waals surface area contributed by atoms with Gasteiger partial charge < -0.3 is 14.1 Å². The highest BCUT2D eigenvalue weighted by Crippen LogP contribution is 2.21. The summed E-state index contributed by atoms with van der Waals surface area (Å²) in [6, 6.07) is 2.98. The number of nitrogens with zero attached hydrogens (tertiary/aromatic N) is 1. The van der Waals surface area contributed by atoms with Crippen LogP contribution in [0.5, 0.6) is 0 Å². The van der Waals surface area contributed by atoms with Crippen LogP contribution in [0.25, 0.3) is 0 Å². The second-order valence-corrected chi connectivity index (χ2v) is 4.65. The number of methoxy groups -OCH3 is 1.